The highest BCUT2D eigenvalue weighted by Crippen LogP contribution is 2.33. The van der Waals surface area contributed by atoms with E-state index >= 15 is 0 Å². The normalized spacial score (nSPS) is 15.2. The summed E-state index contributed by atoms with van der Waals surface area (Å²) in [4.78, 5) is 57.0. The highest BCUT2D eigenvalue weighted by molar-refractivity contribution is 7.21. The molecular weight excluding hydrogens is 504 g/mol. The molecule has 0 spiro atoms. The third-order valence-electron chi connectivity index (χ3n) is 6.33. The van der Waals surface area contributed by atoms with Gasteiger partial charge in [-0.3, -0.25) is 24.5 Å². The summed E-state index contributed by atoms with van der Waals surface area (Å²) in [5, 5.41) is 11.8. The van der Waals surface area contributed by atoms with Crippen LogP contribution in [-0.4, -0.2) is 45.1 Å². The molecule has 1 unspecified atom stereocenters. The van der Waals surface area contributed by atoms with Crippen molar-refractivity contribution in [1.29, 1.82) is 0 Å². The topological polar surface area (TPSA) is 114 Å². The van der Waals surface area contributed by atoms with E-state index < -0.39 is 28.7 Å². The molecule has 10 heteroatoms. The number of carbonyl (C=O) groups excluding carboxylic acids is 3. The first kappa shape index (κ1) is 25.0. The maximum Gasteiger partial charge on any atom is 0.269 e. The number of non-ortho nitro benzene ring substituents is 1. The molecule has 1 aromatic heterocycles. The number of nitrogens with zero attached hydrogens (tertiary/aromatic N) is 4. The van der Waals surface area contributed by atoms with Crippen LogP contribution in [0, 0.1) is 17.0 Å². The van der Waals surface area contributed by atoms with Crippen molar-refractivity contribution >= 4 is 50.6 Å². The molecule has 190 valence electrons. The number of thiazole rings is 1. The lowest BCUT2D eigenvalue weighted by atomic mass is 10.1. The van der Waals surface area contributed by atoms with E-state index in [1.54, 1.807) is 23.5 Å². The highest BCUT2D eigenvalue weighted by Gasteiger charge is 2.44. The van der Waals surface area contributed by atoms with Gasteiger partial charge in [0, 0.05) is 29.8 Å². The number of hydrogen-bond acceptors (Lipinski definition) is 7. The molecule has 1 fully saturated rings. The first-order chi connectivity index (χ1) is 18.3. The van der Waals surface area contributed by atoms with Crippen molar-refractivity contribution < 1.29 is 19.3 Å². The molecule has 38 heavy (non-hydrogen) atoms. The van der Waals surface area contributed by atoms with Crippen molar-refractivity contribution in [3.8, 4) is 10.6 Å². The van der Waals surface area contributed by atoms with Gasteiger partial charge in [0.15, 0.2) is 0 Å². The van der Waals surface area contributed by atoms with E-state index in [9.17, 15) is 24.5 Å². The second-order valence-electron chi connectivity index (χ2n) is 8.87. The second kappa shape index (κ2) is 9.98. The fourth-order valence-electron chi connectivity index (χ4n) is 4.42. The van der Waals surface area contributed by atoms with Gasteiger partial charge < -0.3 is 4.90 Å². The summed E-state index contributed by atoms with van der Waals surface area (Å²) < 4.78 is 1.08. The number of anilines is 1. The number of carbonyl (C=O) groups is 3. The van der Waals surface area contributed by atoms with Crippen LogP contribution in [0.2, 0.25) is 0 Å². The number of aromatic nitrogens is 1. The molecule has 9 nitrogen and oxygen atoms in total. The summed E-state index contributed by atoms with van der Waals surface area (Å²) in [6, 6.07) is 17.2. The van der Waals surface area contributed by atoms with Crippen LogP contribution < -0.4 is 4.90 Å². The minimum atomic E-state index is -1.02. The van der Waals surface area contributed by atoms with Gasteiger partial charge in [-0.2, -0.15) is 0 Å². The summed E-state index contributed by atoms with van der Waals surface area (Å²) in [6.45, 7) is 5.73. The predicted molar refractivity (Wildman–Crippen MR) is 145 cm³/mol. The van der Waals surface area contributed by atoms with E-state index in [2.05, 4.69) is 17.6 Å². The van der Waals surface area contributed by atoms with Gasteiger partial charge in [-0.25, -0.2) is 9.88 Å². The zero-order valence-corrected chi connectivity index (χ0v) is 21.2. The number of nitro groups is 1. The largest absolute Gasteiger partial charge is 0.322 e. The van der Waals surface area contributed by atoms with Crippen LogP contribution in [0.15, 0.2) is 79.4 Å². The number of rotatable bonds is 7. The van der Waals surface area contributed by atoms with Gasteiger partial charge >= 0.3 is 0 Å². The fraction of sp³-hybridized carbons (Fsp3) is 0.143. The molecule has 0 bridgehead atoms. The number of fused-ring (bicyclic) bond motifs is 1. The lowest BCUT2D eigenvalue weighted by Gasteiger charge is -2.26. The summed E-state index contributed by atoms with van der Waals surface area (Å²) in [5.74, 6) is -1.46. The summed E-state index contributed by atoms with van der Waals surface area (Å²) in [5.41, 5.74) is 3.36. The molecule has 1 aliphatic heterocycles. The summed E-state index contributed by atoms with van der Waals surface area (Å²) in [7, 11) is 0. The van der Waals surface area contributed by atoms with Crippen LogP contribution in [0.4, 0.5) is 11.4 Å². The number of imide groups is 1. The molecule has 1 atom stereocenters. The number of benzene rings is 3. The number of amides is 3. The monoisotopic (exact) mass is 526 g/mol. The first-order valence-electron chi connectivity index (χ1n) is 11.8. The minimum absolute atomic E-state index is 0.0311. The van der Waals surface area contributed by atoms with Crippen molar-refractivity contribution in [2.24, 2.45) is 0 Å². The summed E-state index contributed by atoms with van der Waals surface area (Å²) in [6.07, 6.45) is 1.29. The van der Waals surface area contributed by atoms with Crippen LogP contribution in [-0.2, 0) is 9.59 Å². The smallest absolute Gasteiger partial charge is 0.269 e. The Hall–Kier alpha value is -4.70. The van der Waals surface area contributed by atoms with E-state index in [0.717, 1.165) is 31.3 Å². The number of hydrogen-bond donors (Lipinski definition) is 0. The van der Waals surface area contributed by atoms with Crippen molar-refractivity contribution in [2.45, 2.75) is 19.4 Å². The Morgan fingerprint density at radius 3 is 2.53 bits per heavy atom. The summed E-state index contributed by atoms with van der Waals surface area (Å²) >= 11 is 1.57. The van der Waals surface area contributed by atoms with Crippen LogP contribution in [0.3, 0.4) is 0 Å². The zero-order valence-electron chi connectivity index (χ0n) is 20.4. The van der Waals surface area contributed by atoms with Gasteiger partial charge in [-0.1, -0.05) is 12.1 Å². The second-order valence-corrected chi connectivity index (χ2v) is 9.91. The van der Waals surface area contributed by atoms with Crippen LogP contribution >= 0.6 is 11.3 Å². The Kier molecular flexibility index (Phi) is 6.56. The van der Waals surface area contributed by atoms with Gasteiger partial charge in [0.05, 0.1) is 27.2 Å². The Labute approximate surface area is 221 Å². The highest BCUT2D eigenvalue weighted by atomic mass is 32.1. The molecule has 1 saturated heterocycles. The van der Waals surface area contributed by atoms with E-state index in [1.807, 2.05) is 31.2 Å². The van der Waals surface area contributed by atoms with Crippen molar-refractivity contribution in [3.63, 3.8) is 0 Å². The average molecular weight is 527 g/mol. The molecule has 0 aliphatic carbocycles. The molecule has 0 N–H and O–H groups in total. The SMILES string of the molecule is C=CCN(C(=O)c1ccc([N+](=O)[O-])cc1)C1CC(=O)N(c2ccc(-c3nc4ccc(C)cc4s3)cc2)C1=O. The predicted octanol–water partition coefficient (Wildman–Crippen LogP) is 5.14. The maximum absolute atomic E-state index is 13.4. The molecule has 3 amide bonds. The Balaban J connectivity index is 1.38. The number of nitro benzene ring substituents is 1. The lowest BCUT2D eigenvalue weighted by Crippen LogP contribution is -2.45. The quantitative estimate of drug-likeness (QED) is 0.143. The Morgan fingerprint density at radius 2 is 1.87 bits per heavy atom. The van der Waals surface area contributed by atoms with E-state index in [1.165, 1.54) is 35.2 Å². The molecule has 4 aromatic rings. The van der Waals surface area contributed by atoms with Gasteiger partial charge in [0.25, 0.3) is 17.5 Å². The van der Waals surface area contributed by atoms with Gasteiger partial charge in [-0.05, 0) is 61.0 Å². The minimum Gasteiger partial charge on any atom is -0.322 e. The van der Waals surface area contributed by atoms with Gasteiger partial charge in [-0.15, -0.1) is 17.9 Å². The van der Waals surface area contributed by atoms with Crippen LogP contribution in [0.1, 0.15) is 22.3 Å². The average Bonchev–Trinajstić information content (AvgIpc) is 3.46. The Morgan fingerprint density at radius 1 is 1.16 bits per heavy atom. The Bertz CT molecular complexity index is 1590. The van der Waals surface area contributed by atoms with Crippen LogP contribution in [0.25, 0.3) is 20.8 Å². The first-order valence-corrected chi connectivity index (χ1v) is 12.6. The van der Waals surface area contributed by atoms with Crippen LogP contribution in [0.5, 0.6) is 0 Å². The molecule has 0 radical (unpaired) electrons. The van der Waals surface area contributed by atoms with Crippen molar-refractivity contribution in [1.82, 2.24) is 9.88 Å². The lowest BCUT2D eigenvalue weighted by molar-refractivity contribution is -0.384. The maximum atomic E-state index is 13.4. The third-order valence-corrected chi connectivity index (χ3v) is 7.39. The van der Waals surface area contributed by atoms with Gasteiger partial charge in [0.2, 0.25) is 5.91 Å². The van der Waals surface area contributed by atoms with E-state index in [4.69, 9.17) is 0 Å². The van der Waals surface area contributed by atoms with E-state index in [-0.39, 0.29) is 24.2 Å². The van der Waals surface area contributed by atoms with Gasteiger partial charge in [0.1, 0.15) is 11.0 Å². The molecule has 2 heterocycles. The molecule has 5 rings (SSSR count). The van der Waals surface area contributed by atoms with Crippen molar-refractivity contribution in [2.75, 3.05) is 11.4 Å². The zero-order chi connectivity index (χ0) is 27.0. The molecule has 3 aromatic carbocycles. The standard InChI is InChI=1S/C28H22N4O5S/c1-3-14-30(27(34)19-7-11-21(12-8-19)32(36)37)23-16-25(33)31(28(23)35)20-9-5-18(6-10-20)26-29-22-13-4-17(2)15-24(22)38-26/h3-13,15,23H,1,14,16H2,2H3. The third kappa shape index (κ3) is 4.57. The molecular formula is C28H22N4O5S. The van der Waals surface area contributed by atoms with E-state index in [0.29, 0.717) is 5.69 Å². The number of aryl methyl sites for hydroxylation is 1. The molecule has 1 aliphatic rings. The van der Waals surface area contributed by atoms with Crippen molar-refractivity contribution in [3.05, 3.63) is 101 Å². The molecule has 0 saturated carbocycles. The fourth-order valence-corrected chi connectivity index (χ4v) is 5.49.